The number of sulfone groups is 1. The molecule has 88 valence electrons. The Hall–Kier alpha value is -0.870. The molecule has 3 nitrogen and oxygen atoms in total. The van der Waals surface area contributed by atoms with Crippen LogP contribution in [0.25, 0.3) is 0 Å². The van der Waals surface area contributed by atoms with Crippen LogP contribution in [0.1, 0.15) is 20.8 Å². The SMILES string of the molecule is CC(C)N1C(C)C1S(=O)(=O)c1ccccc1. The molecule has 0 amide bonds. The average Bonchev–Trinajstić information content (AvgIpc) is 2.92. The standard InChI is InChI=1S/C12H17NO2S/c1-9(2)13-10(3)12(13)16(14,15)11-7-5-4-6-8-11/h4-10,12H,1-3H3. The van der Waals surface area contributed by atoms with Crippen molar-refractivity contribution < 1.29 is 8.42 Å². The fourth-order valence-electron chi connectivity index (χ4n) is 2.27. The summed E-state index contributed by atoms with van der Waals surface area (Å²) in [6.45, 7) is 6.01. The molecule has 1 aliphatic rings. The first-order valence-electron chi connectivity index (χ1n) is 5.52. The lowest BCUT2D eigenvalue weighted by Crippen LogP contribution is -2.18. The Bertz CT molecular complexity index is 467. The molecule has 0 spiro atoms. The summed E-state index contributed by atoms with van der Waals surface area (Å²) in [5.41, 5.74) is 0. The van der Waals surface area contributed by atoms with Crippen LogP contribution in [0.2, 0.25) is 0 Å². The maximum Gasteiger partial charge on any atom is 0.196 e. The Morgan fingerprint density at radius 1 is 1.19 bits per heavy atom. The summed E-state index contributed by atoms with van der Waals surface area (Å²) >= 11 is 0. The summed E-state index contributed by atoms with van der Waals surface area (Å²) in [6, 6.07) is 9.09. The Morgan fingerprint density at radius 3 is 2.19 bits per heavy atom. The van der Waals surface area contributed by atoms with Gasteiger partial charge >= 0.3 is 0 Å². The van der Waals surface area contributed by atoms with Crippen LogP contribution < -0.4 is 0 Å². The van der Waals surface area contributed by atoms with Gasteiger partial charge in [-0.1, -0.05) is 18.2 Å². The molecular formula is C12H17NO2S. The molecule has 3 atom stereocenters. The number of benzene rings is 1. The Balaban J connectivity index is 2.30. The lowest BCUT2D eigenvalue weighted by molar-refractivity contribution is 0.418. The van der Waals surface area contributed by atoms with Gasteiger partial charge in [0.15, 0.2) is 9.84 Å². The van der Waals surface area contributed by atoms with Crippen molar-refractivity contribution in [3.63, 3.8) is 0 Å². The van der Waals surface area contributed by atoms with E-state index in [2.05, 4.69) is 0 Å². The monoisotopic (exact) mass is 239 g/mol. The van der Waals surface area contributed by atoms with Crippen LogP contribution in [0.4, 0.5) is 0 Å². The van der Waals surface area contributed by atoms with Gasteiger partial charge in [0.1, 0.15) is 5.37 Å². The topological polar surface area (TPSA) is 37.1 Å². The molecule has 1 aromatic rings. The molecule has 0 aromatic heterocycles. The summed E-state index contributed by atoms with van der Waals surface area (Å²) in [5.74, 6) is 0. The quantitative estimate of drug-likeness (QED) is 0.756. The van der Waals surface area contributed by atoms with Crippen molar-refractivity contribution in [2.24, 2.45) is 0 Å². The van der Waals surface area contributed by atoms with Crippen molar-refractivity contribution in [1.29, 1.82) is 0 Å². The highest BCUT2D eigenvalue weighted by Gasteiger charge is 2.54. The first kappa shape index (κ1) is 11.6. The van der Waals surface area contributed by atoms with Gasteiger partial charge in [-0.3, -0.25) is 4.90 Å². The molecule has 1 saturated heterocycles. The van der Waals surface area contributed by atoms with E-state index < -0.39 is 9.84 Å². The van der Waals surface area contributed by atoms with Gasteiger partial charge in [0.25, 0.3) is 0 Å². The van der Waals surface area contributed by atoms with E-state index in [0.29, 0.717) is 4.90 Å². The zero-order chi connectivity index (χ0) is 11.9. The summed E-state index contributed by atoms with van der Waals surface area (Å²) in [6.07, 6.45) is 0. The van der Waals surface area contributed by atoms with E-state index in [9.17, 15) is 8.42 Å². The van der Waals surface area contributed by atoms with Gasteiger partial charge in [-0.05, 0) is 32.9 Å². The molecular weight excluding hydrogens is 222 g/mol. The van der Waals surface area contributed by atoms with Crippen LogP contribution in [0.15, 0.2) is 35.2 Å². The van der Waals surface area contributed by atoms with E-state index in [1.54, 1.807) is 24.3 Å². The molecule has 4 heteroatoms. The second-order valence-electron chi connectivity index (χ2n) is 4.53. The number of rotatable bonds is 3. The fraction of sp³-hybridized carbons (Fsp3) is 0.500. The highest BCUT2D eigenvalue weighted by atomic mass is 32.2. The van der Waals surface area contributed by atoms with Crippen molar-refractivity contribution in [1.82, 2.24) is 4.90 Å². The molecule has 0 N–H and O–H groups in total. The third kappa shape index (κ3) is 1.76. The molecule has 0 bridgehead atoms. The molecule has 3 unspecified atom stereocenters. The van der Waals surface area contributed by atoms with Crippen LogP contribution in [0.3, 0.4) is 0 Å². The van der Waals surface area contributed by atoms with Gasteiger partial charge < -0.3 is 0 Å². The minimum Gasteiger partial charge on any atom is -0.278 e. The van der Waals surface area contributed by atoms with Crippen molar-refractivity contribution in [2.45, 2.75) is 43.1 Å². The zero-order valence-electron chi connectivity index (χ0n) is 9.79. The summed E-state index contributed by atoms with van der Waals surface area (Å²) in [4.78, 5) is 2.44. The maximum absolute atomic E-state index is 12.3. The van der Waals surface area contributed by atoms with Gasteiger partial charge in [-0.2, -0.15) is 0 Å². The minimum absolute atomic E-state index is 0.130. The molecule has 1 aromatic carbocycles. The van der Waals surface area contributed by atoms with E-state index in [-0.39, 0.29) is 17.5 Å². The zero-order valence-corrected chi connectivity index (χ0v) is 10.6. The van der Waals surface area contributed by atoms with E-state index in [1.165, 1.54) is 0 Å². The minimum atomic E-state index is -3.18. The maximum atomic E-state index is 12.3. The summed E-state index contributed by atoms with van der Waals surface area (Å²) in [5, 5.41) is -0.338. The second-order valence-corrected chi connectivity index (χ2v) is 6.57. The fourth-order valence-corrected chi connectivity index (χ4v) is 4.44. The molecule has 0 aliphatic carbocycles. The first-order valence-corrected chi connectivity index (χ1v) is 7.07. The van der Waals surface area contributed by atoms with Crippen molar-refractivity contribution >= 4 is 9.84 Å². The van der Waals surface area contributed by atoms with E-state index in [0.717, 1.165) is 0 Å². The smallest absolute Gasteiger partial charge is 0.196 e. The normalized spacial score (nSPS) is 29.4. The van der Waals surface area contributed by atoms with Gasteiger partial charge in [-0.15, -0.1) is 0 Å². The largest absolute Gasteiger partial charge is 0.278 e. The number of hydrogen-bond acceptors (Lipinski definition) is 3. The molecule has 16 heavy (non-hydrogen) atoms. The molecule has 0 saturated carbocycles. The Labute approximate surface area is 97.0 Å². The molecule has 0 radical (unpaired) electrons. The molecule has 2 rings (SSSR count). The van der Waals surface area contributed by atoms with Crippen molar-refractivity contribution in [2.75, 3.05) is 0 Å². The van der Waals surface area contributed by atoms with Gasteiger partial charge in [0.05, 0.1) is 4.90 Å². The third-order valence-corrected chi connectivity index (χ3v) is 5.28. The molecule has 1 fully saturated rings. The van der Waals surface area contributed by atoms with Crippen LogP contribution in [0, 0.1) is 0 Å². The summed E-state index contributed by atoms with van der Waals surface area (Å²) in [7, 11) is -3.18. The van der Waals surface area contributed by atoms with Crippen LogP contribution in [0.5, 0.6) is 0 Å². The summed E-state index contributed by atoms with van der Waals surface area (Å²) < 4.78 is 24.6. The van der Waals surface area contributed by atoms with Gasteiger partial charge in [0, 0.05) is 12.1 Å². The first-order chi connectivity index (χ1) is 7.46. The highest BCUT2D eigenvalue weighted by molar-refractivity contribution is 7.92. The van der Waals surface area contributed by atoms with E-state index in [4.69, 9.17) is 0 Å². The second kappa shape index (κ2) is 3.86. The highest BCUT2D eigenvalue weighted by Crippen LogP contribution is 2.38. The lowest BCUT2D eigenvalue weighted by atomic mass is 10.4. The number of hydrogen-bond donors (Lipinski definition) is 0. The third-order valence-electron chi connectivity index (χ3n) is 3.07. The predicted molar refractivity (Wildman–Crippen MR) is 63.9 cm³/mol. The van der Waals surface area contributed by atoms with Crippen LogP contribution >= 0.6 is 0 Å². The van der Waals surface area contributed by atoms with E-state index >= 15 is 0 Å². The molecule has 1 heterocycles. The Kier molecular flexibility index (Phi) is 2.80. The van der Waals surface area contributed by atoms with Gasteiger partial charge in [0.2, 0.25) is 0 Å². The average molecular weight is 239 g/mol. The van der Waals surface area contributed by atoms with Crippen molar-refractivity contribution in [3.8, 4) is 0 Å². The predicted octanol–water partition coefficient (Wildman–Crippen LogP) is 1.90. The van der Waals surface area contributed by atoms with Gasteiger partial charge in [-0.25, -0.2) is 8.42 Å². The Morgan fingerprint density at radius 2 is 1.75 bits per heavy atom. The lowest BCUT2D eigenvalue weighted by Gasteiger charge is -2.08. The molecule has 1 aliphatic heterocycles. The van der Waals surface area contributed by atoms with E-state index in [1.807, 2.05) is 31.7 Å². The number of nitrogens with zero attached hydrogens (tertiary/aromatic N) is 1. The van der Waals surface area contributed by atoms with Crippen LogP contribution in [-0.4, -0.2) is 30.8 Å². The van der Waals surface area contributed by atoms with Crippen LogP contribution in [-0.2, 0) is 9.84 Å². The van der Waals surface area contributed by atoms with Crippen molar-refractivity contribution in [3.05, 3.63) is 30.3 Å².